The largest absolute Gasteiger partial charge is 0.481 e. The Kier molecular flexibility index (Phi) is 7.52. The van der Waals surface area contributed by atoms with E-state index >= 15 is 0 Å². The molecule has 5 rings (SSSR count). The molecule has 2 fully saturated rings. The van der Waals surface area contributed by atoms with Crippen molar-refractivity contribution in [1.29, 1.82) is 0 Å². The summed E-state index contributed by atoms with van der Waals surface area (Å²) in [5, 5.41) is 23.3. The van der Waals surface area contributed by atoms with Crippen molar-refractivity contribution in [3.05, 3.63) is 35.9 Å². The number of aromatic nitrogens is 4. The van der Waals surface area contributed by atoms with Crippen LogP contribution in [0.3, 0.4) is 0 Å². The average molecular weight is 520 g/mol. The molecule has 3 aromatic rings. The number of aryl methyl sites for hydroxylation is 2. The van der Waals surface area contributed by atoms with Gasteiger partial charge in [0.05, 0.1) is 35.6 Å². The van der Waals surface area contributed by atoms with Crippen LogP contribution in [0.25, 0.3) is 11.5 Å². The molecule has 0 saturated heterocycles. The van der Waals surface area contributed by atoms with Crippen LogP contribution in [0.15, 0.2) is 29.0 Å². The van der Waals surface area contributed by atoms with E-state index in [1.165, 1.54) is 12.8 Å². The van der Waals surface area contributed by atoms with E-state index in [0.717, 1.165) is 31.5 Å². The summed E-state index contributed by atoms with van der Waals surface area (Å²) in [6.45, 7) is 3.61. The van der Waals surface area contributed by atoms with Crippen molar-refractivity contribution in [2.75, 3.05) is 16.0 Å². The summed E-state index contributed by atoms with van der Waals surface area (Å²) in [7, 11) is 0. The van der Waals surface area contributed by atoms with Crippen molar-refractivity contribution in [3.63, 3.8) is 0 Å². The fraction of sp³-hybridized carbons (Fsp3) is 0.481. The van der Waals surface area contributed by atoms with Crippen LogP contribution in [0.4, 0.5) is 23.0 Å². The summed E-state index contributed by atoms with van der Waals surface area (Å²) in [6, 6.07) is 3.92. The molecule has 200 valence electrons. The second kappa shape index (κ2) is 11.2. The van der Waals surface area contributed by atoms with E-state index in [2.05, 4.69) is 36.1 Å². The van der Waals surface area contributed by atoms with Gasteiger partial charge in [0.2, 0.25) is 11.7 Å². The molecule has 2 aliphatic carbocycles. The molecule has 11 nitrogen and oxygen atoms in total. The van der Waals surface area contributed by atoms with E-state index in [1.807, 2.05) is 6.92 Å². The molecule has 0 radical (unpaired) electrons. The number of carbonyl (C=O) groups is 2. The Labute approximate surface area is 220 Å². The van der Waals surface area contributed by atoms with E-state index in [-0.39, 0.29) is 5.91 Å². The first-order valence-electron chi connectivity index (χ1n) is 13.2. The third-order valence-corrected chi connectivity index (χ3v) is 7.45. The lowest BCUT2D eigenvalue weighted by molar-refractivity contribution is -0.147. The number of amides is 1. The number of anilines is 4. The maximum absolute atomic E-state index is 12.9. The van der Waals surface area contributed by atoms with Gasteiger partial charge in [0, 0.05) is 6.04 Å². The molecule has 3 aromatic heterocycles. The number of carboxylic acid groups (broad SMARTS) is 1. The van der Waals surface area contributed by atoms with Gasteiger partial charge in [0.15, 0.2) is 5.82 Å². The van der Waals surface area contributed by atoms with Crippen molar-refractivity contribution < 1.29 is 19.2 Å². The van der Waals surface area contributed by atoms with Crippen LogP contribution in [0.2, 0.25) is 0 Å². The predicted molar refractivity (Wildman–Crippen MR) is 142 cm³/mol. The third kappa shape index (κ3) is 5.61. The van der Waals surface area contributed by atoms with Crippen LogP contribution in [-0.4, -0.2) is 43.1 Å². The molecular formula is C27H33N7O4. The molecule has 11 heteroatoms. The number of aliphatic carboxylic acids is 1. The van der Waals surface area contributed by atoms with Gasteiger partial charge in [-0.25, -0.2) is 9.97 Å². The maximum atomic E-state index is 12.9. The van der Waals surface area contributed by atoms with Gasteiger partial charge in [-0.3, -0.25) is 14.6 Å². The molecule has 0 aromatic carbocycles. The number of carboxylic acids is 1. The number of nitrogens with one attached hydrogen (secondary N) is 3. The second-order valence-electron chi connectivity index (χ2n) is 10.2. The molecule has 2 atom stereocenters. The molecular weight excluding hydrogens is 486 g/mol. The molecule has 38 heavy (non-hydrogen) atoms. The normalized spacial score (nSPS) is 19.7. The van der Waals surface area contributed by atoms with Crippen LogP contribution in [-0.2, 0) is 9.59 Å². The zero-order valence-corrected chi connectivity index (χ0v) is 21.7. The van der Waals surface area contributed by atoms with Gasteiger partial charge >= 0.3 is 5.97 Å². The summed E-state index contributed by atoms with van der Waals surface area (Å²) in [4.78, 5) is 38.2. The Balaban J connectivity index is 1.32. The highest BCUT2D eigenvalue weighted by Crippen LogP contribution is 2.34. The topological polar surface area (TPSA) is 155 Å². The lowest BCUT2D eigenvalue weighted by Gasteiger charge is -2.27. The van der Waals surface area contributed by atoms with Gasteiger partial charge in [0.1, 0.15) is 22.9 Å². The molecule has 0 spiro atoms. The number of hydrogen-bond acceptors (Lipinski definition) is 9. The van der Waals surface area contributed by atoms with E-state index in [4.69, 9.17) is 4.52 Å². The van der Waals surface area contributed by atoms with E-state index in [9.17, 15) is 14.7 Å². The van der Waals surface area contributed by atoms with Crippen molar-refractivity contribution in [2.24, 2.45) is 11.8 Å². The second-order valence-corrected chi connectivity index (χ2v) is 10.2. The number of nitrogens with zero attached hydrogens (tertiary/aromatic N) is 4. The average Bonchev–Trinajstić information content (AvgIpc) is 3.55. The first kappa shape index (κ1) is 25.6. The molecule has 2 unspecified atom stereocenters. The van der Waals surface area contributed by atoms with Crippen molar-refractivity contribution in [2.45, 2.75) is 71.3 Å². The summed E-state index contributed by atoms with van der Waals surface area (Å²) < 4.78 is 5.61. The number of rotatable bonds is 8. The van der Waals surface area contributed by atoms with Gasteiger partial charge in [-0.05, 0) is 51.7 Å². The Bertz CT molecular complexity index is 1320. The Morgan fingerprint density at radius 1 is 0.921 bits per heavy atom. The van der Waals surface area contributed by atoms with Crippen LogP contribution >= 0.6 is 0 Å². The van der Waals surface area contributed by atoms with Crippen LogP contribution in [0.1, 0.15) is 62.8 Å². The molecule has 4 N–H and O–H groups in total. The van der Waals surface area contributed by atoms with E-state index in [0.29, 0.717) is 58.9 Å². The lowest BCUT2D eigenvalue weighted by atomic mass is 9.78. The lowest BCUT2D eigenvalue weighted by Crippen LogP contribution is -2.36. The minimum atomic E-state index is -0.916. The van der Waals surface area contributed by atoms with Gasteiger partial charge < -0.3 is 25.6 Å². The van der Waals surface area contributed by atoms with Gasteiger partial charge in [-0.2, -0.15) is 0 Å². The summed E-state index contributed by atoms with van der Waals surface area (Å²) >= 11 is 0. The Hall–Kier alpha value is -4.02. The van der Waals surface area contributed by atoms with Crippen LogP contribution in [0, 0.1) is 25.7 Å². The molecule has 3 heterocycles. The number of pyridine rings is 1. The highest BCUT2D eigenvalue weighted by molar-refractivity contribution is 5.95. The third-order valence-electron chi connectivity index (χ3n) is 7.45. The monoisotopic (exact) mass is 519 g/mol. The van der Waals surface area contributed by atoms with Crippen LogP contribution < -0.4 is 16.0 Å². The summed E-state index contributed by atoms with van der Waals surface area (Å²) in [5.74, 6) is -0.684. The SMILES string of the molecule is Cc1nc(-c2onc(C)c2Nc2cncc(NC3CCCC3)n2)ccc1NC(=O)C1CCCCC1C(=O)O. The van der Waals surface area contributed by atoms with E-state index in [1.54, 1.807) is 31.5 Å². The smallest absolute Gasteiger partial charge is 0.307 e. The molecule has 0 bridgehead atoms. The van der Waals surface area contributed by atoms with Gasteiger partial charge in [-0.1, -0.05) is 30.8 Å². The number of hydrogen-bond donors (Lipinski definition) is 4. The standard InChI is InChI=1S/C27H33N7O4/c1-15-20(31-26(35)18-9-5-6-10-19(18)27(36)37)11-12-21(29-15)25-24(16(2)34-38-25)33-23-14-28-13-22(32-23)30-17-7-3-4-8-17/h11-14,17-19H,3-10H2,1-2H3,(H,31,35)(H,36,37)(H2,30,32,33). The first-order valence-corrected chi connectivity index (χ1v) is 13.2. The predicted octanol–water partition coefficient (Wildman–Crippen LogP) is 5.07. The van der Waals surface area contributed by atoms with Crippen molar-refractivity contribution in [3.8, 4) is 11.5 Å². The van der Waals surface area contributed by atoms with E-state index < -0.39 is 17.8 Å². The Morgan fingerprint density at radius 2 is 1.63 bits per heavy atom. The minimum Gasteiger partial charge on any atom is -0.481 e. The van der Waals surface area contributed by atoms with Gasteiger partial charge in [0.25, 0.3) is 0 Å². The van der Waals surface area contributed by atoms with Crippen LogP contribution in [0.5, 0.6) is 0 Å². The zero-order valence-electron chi connectivity index (χ0n) is 21.7. The molecule has 0 aliphatic heterocycles. The highest BCUT2D eigenvalue weighted by Gasteiger charge is 2.36. The zero-order chi connectivity index (χ0) is 26.6. The van der Waals surface area contributed by atoms with Crippen molar-refractivity contribution >= 4 is 34.9 Å². The fourth-order valence-corrected chi connectivity index (χ4v) is 5.38. The molecule has 2 aliphatic rings. The summed E-state index contributed by atoms with van der Waals surface area (Å²) in [6.07, 6.45) is 10.9. The number of carbonyl (C=O) groups excluding carboxylic acids is 1. The highest BCUT2D eigenvalue weighted by atomic mass is 16.5. The molecule has 2 saturated carbocycles. The quantitative estimate of drug-likeness (QED) is 0.317. The minimum absolute atomic E-state index is 0.280. The Morgan fingerprint density at radius 3 is 2.37 bits per heavy atom. The molecule has 1 amide bonds. The van der Waals surface area contributed by atoms with Gasteiger partial charge in [-0.15, -0.1) is 0 Å². The maximum Gasteiger partial charge on any atom is 0.307 e. The van der Waals surface area contributed by atoms with Crippen molar-refractivity contribution in [1.82, 2.24) is 20.1 Å². The summed E-state index contributed by atoms with van der Waals surface area (Å²) in [5.41, 5.74) is 2.94. The first-order chi connectivity index (χ1) is 18.4. The fourth-order valence-electron chi connectivity index (χ4n) is 5.38.